The predicted octanol–water partition coefficient (Wildman–Crippen LogP) is 1.32. The van der Waals surface area contributed by atoms with Crippen molar-refractivity contribution in [3.05, 3.63) is 11.8 Å². The SMILES string of the molecule is Cc1cc(NC2CCOC2C)nn1C. The summed E-state index contributed by atoms with van der Waals surface area (Å²) in [5.41, 5.74) is 1.17. The molecular formula is C10H17N3O. The number of aryl methyl sites for hydroxylation is 2. The lowest BCUT2D eigenvalue weighted by Gasteiger charge is -2.14. The molecule has 1 saturated heterocycles. The maximum atomic E-state index is 5.48. The van der Waals surface area contributed by atoms with Crippen LogP contribution in [0.2, 0.25) is 0 Å². The van der Waals surface area contributed by atoms with Crippen LogP contribution in [-0.4, -0.2) is 28.5 Å². The Morgan fingerprint density at radius 2 is 2.43 bits per heavy atom. The largest absolute Gasteiger partial charge is 0.376 e. The maximum Gasteiger partial charge on any atom is 0.148 e. The third-order valence-corrected chi connectivity index (χ3v) is 2.82. The molecule has 0 aliphatic carbocycles. The van der Waals surface area contributed by atoms with Gasteiger partial charge in [0.25, 0.3) is 0 Å². The van der Waals surface area contributed by atoms with E-state index in [0.717, 1.165) is 18.8 Å². The van der Waals surface area contributed by atoms with Crippen LogP contribution in [0.3, 0.4) is 0 Å². The highest BCUT2D eigenvalue weighted by atomic mass is 16.5. The second-order valence-electron chi connectivity index (χ2n) is 3.91. The van der Waals surface area contributed by atoms with Crippen molar-refractivity contribution in [3.63, 3.8) is 0 Å². The number of rotatable bonds is 2. The number of hydrogen-bond acceptors (Lipinski definition) is 3. The van der Waals surface area contributed by atoms with Crippen LogP contribution < -0.4 is 5.32 Å². The number of anilines is 1. The molecule has 1 fully saturated rings. The van der Waals surface area contributed by atoms with Crippen LogP contribution in [0, 0.1) is 6.92 Å². The summed E-state index contributed by atoms with van der Waals surface area (Å²) < 4.78 is 7.36. The highest BCUT2D eigenvalue weighted by Gasteiger charge is 2.24. The van der Waals surface area contributed by atoms with Gasteiger partial charge in [-0.05, 0) is 20.3 Å². The molecule has 1 aliphatic heterocycles. The van der Waals surface area contributed by atoms with Gasteiger partial charge in [-0.25, -0.2) is 0 Å². The Kier molecular flexibility index (Phi) is 2.46. The van der Waals surface area contributed by atoms with E-state index in [9.17, 15) is 0 Å². The maximum absolute atomic E-state index is 5.48. The quantitative estimate of drug-likeness (QED) is 0.773. The fraction of sp³-hybridized carbons (Fsp3) is 0.700. The molecule has 2 rings (SSSR count). The lowest BCUT2D eigenvalue weighted by molar-refractivity contribution is 0.121. The van der Waals surface area contributed by atoms with E-state index in [4.69, 9.17) is 4.74 Å². The van der Waals surface area contributed by atoms with E-state index < -0.39 is 0 Å². The summed E-state index contributed by atoms with van der Waals surface area (Å²) in [6.07, 6.45) is 1.36. The molecule has 0 bridgehead atoms. The van der Waals surface area contributed by atoms with Gasteiger partial charge in [0.1, 0.15) is 5.82 Å². The van der Waals surface area contributed by atoms with E-state index in [-0.39, 0.29) is 6.10 Å². The van der Waals surface area contributed by atoms with Gasteiger partial charge in [-0.15, -0.1) is 0 Å². The Labute approximate surface area is 84.3 Å². The van der Waals surface area contributed by atoms with Gasteiger partial charge in [-0.2, -0.15) is 5.10 Å². The number of nitrogens with one attached hydrogen (secondary N) is 1. The van der Waals surface area contributed by atoms with E-state index in [1.807, 2.05) is 18.7 Å². The molecule has 1 aromatic rings. The molecule has 4 heteroatoms. The Morgan fingerprint density at radius 3 is 2.93 bits per heavy atom. The summed E-state index contributed by atoms with van der Waals surface area (Å²) >= 11 is 0. The van der Waals surface area contributed by atoms with Gasteiger partial charge < -0.3 is 10.1 Å². The summed E-state index contributed by atoms with van der Waals surface area (Å²) in [6, 6.07) is 2.47. The number of aromatic nitrogens is 2. The lowest BCUT2D eigenvalue weighted by Crippen LogP contribution is -2.26. The summed E-state index contributed by atoms with van der Waals surface area (Å²) in [4.78, 5) is 0. The molecule has 1 N–H and O–H groups in total. The van der Waals surface area contributed by atoms with E-state index in [1.165, 1.54) is 5.69 Å². The summed E-state index contributed by atoms with van der Waals surface area (Å²) in [5.74, 6) is 0.951. The number of hydrogen-bond donors (Lipinski definition) is 1. The van der Waals surface area contributed by atoms with Crippen molar-refractivity contribution in [2.24, 2.45) is 7.05 Å². The molecule has 78 valence electrons. The molecule has 2 atom stereocenters. The fourth-order valence-electron chi connectivity index (χ4n) is 1.74. The first-order valence-corrected chi connectivity index (χ1v) is 5.05. The highest BCUT2D eigenvalue weighted by molar-refractivity contribution is 5.37. The van der Waals surface area contributed by atoms with Crippen molar-refractivity contribution < 1.29 is 4.74 Å². The van der Waals surface area contributed by atoms with Crippen molar-refractivity contribution in [3.8, 4) is 0 Å². The normalized spacial score (nSPS) is 26.8. The second kappa shape index (κ2) is 3.61. The molecule has 2 unspecified atom stereocenters. The Hall–Kier alpha value is -1.03. The Balaban J connectivity index is 2.03. The van der Waals surface area contributed by atoms with E-state index in [0.29, 0.717) is 6.04 Å². The van der Waals surface area contributed by atoms with Crippen LogP contribution in [0.15, 0.2) is 6.07 Å². The van der Waals surface area contributed by atoms with Crippen LogP contribution >= 0.6 is 0 Å². The minimum absolute atomic E-state index is 0.289. The summed E-state index contributed by atoms with van der Waals surface area (Å²) in [5, 5.41) is 7.75. The zero-order chi connectivity index (χ0) is 10.1. The molecule has 0 amide bonds. The summed E-state index contributed by atoms with van der Waals surface area (Å²) in [6.45, 7) is 5.00. The molecule has 14 heavy (non-hydrogen) atoms. The van der Waals surface area contributed by atoms with Crippen LogP contribution in [0.25, 0.3) is 0 Å². The average molecular weight is 195 g/mol. The van der Waals surface area contributed by atoms with Crippen molar-refractivity contribution in [1.29, 1.82) is 0 Å². The van der Waals surface area contributed by atoms with Crippen LogP contribution in [0.4, 0.5) is 5.82 Å². The van der Waals surface area contributed by atoms with Gasteiger partial charge in [0, 0.05) is 25.4 Å². The molecular weight excluding hydrogens is 178 g/mol. The highest BCUT2D eigenvalue weighted by Crippen LogP contribution is 2.18. The fourth-order valence-corrected chi connectivity index (χ4v) is 1.74. The van der Waals surface area contributed by atoms with Crippen LogP contribution in [0.1, 0.15) is 19.0 Å². The molecule has 2 heterocycles. The predicted molar refractivity (Wildman–Crippen MR) is 55.4 cm³/mol. The first kappa shape index (κ1) is 9.52. The smallest absolute Gasteiger partial charge is 0.148 e. The molecule has 0 aromatic carbocycles. The van der Waals surface area contributed by atoms with Crippen molar-refractivity contribution in [2.75, 3.05) is 11.9 Å². The van der Waals surface area contributed by atoms with E-state index in [2.05, 4.69) is 23.4 Å². The topological polar surface area (TPSA) is 39.1 Å². The van der Waals surface area contributed by atoms with E-state index in [1.54, 1.807) is 0 Å². The first-order chi connectivity index (χ1) is 6.66. The molecule has 4 nitrogen and oxygen atoms in total. The van der Waals surface area contributed by atoms with Crippen LogP contribution in [-0.2, 0) is 11.8 Å². The number of nitrogens with zero attached hydrogens (tertiary/aromatic N) is 2. The summed E-state index contributed by atoms with van der Waals surface area (Å²) in [7, 11) is 1.95. The second-order valence-corrected chi connectivity index (χ2v) is 3.91. The first-order valence-electron chi connectivity index (χ1n) is 5.05. The van der Waals surface area contributed by atoms with Gasteiger partial charge in [0.15, 0.2) is 0 Å². The lowest BCUT2D eigenvalue weighted by atomic mass is 10.1. The monoisotopic (exact) mass is 195 g/mol. The van der Waals surface area contributed by atoms with Crippen LogP contribution in [0.5, 0.6) is 0 Å². The van der Waals surface area contributed by atoms with Crippen molar-refractivity contribution in [2.45, 2.75) is 32.4 Å². The Morgan fingerprint density at radius 1 is 1.64 bits per heavy atom. The van der Waals surface area contributed by atoms with Crippen molar-refractivity contribution in [1.82, 2.24) is 9.78 Å². The molecule has 1 aliphatic rings. The Bertz CT molecular complexity index is 302. The average Bonchev–Trinajstić information content (AvgIpc) is 2.63. The third kappa shape index (κ3) is 1.75. The van der Waals surface area contributed by atoms with Gasteiger partial charge in [0.05, 0.1) is 12.1 Å². The zero-order valence-corrected chi connectivity index (χ0v) is 8.95. The standard InChI is InChI=1S/C10H17N3O/c1-7-6-10(12-13(7)3)11-9-4-5-14-8(9)2/h6,8-9H,4-5H2,1-3H3,(H,11,12). The molecule has 1 aromatic heterocycles. The van der Waals surface area contributed by atoms with Gasteiger partial charge >= 0.3 is 0 Å². The van der Waals surface area contributed by atoms with Gasteiger partial charge in [-0.3, -0.25) is 4.68 Å². The zero-order valence-electron chi connectivity index (χ0n) is 8.95. The molecule has 0 spiro atoms. The molecule has 0 saturated carbocycles. The van der Waals surface area contributed by atoms with Gasteiger partial charge in [-0.1, -0.05) is 0 Å². The van der Waals surface area contributed by atoms with E-state index >= 15 is 0 Å². The third-order valence-electron chi connectivity index (χ3n) is 2.82. The van der Waals surface area contributed by atoms with Crippen molar-refractivity contribution >= 4 is 5.82 Å². The minimum atomic E-state index is 0.289. The molecule has 0 radical (unpaired) electrons. The number of ether oxygens (including phenoxy) is 1. The van der Waals surface area contributed by atoms with Gasteiger partial charge in [0.2, 0.25) is 0 Å². The minimum Gasteiger partial charge on any atom is -0.376 e.